The molecule has 1 aromatic carbocycles. The number of hydrogen-bond acceptors (Lipinski definition) is 4. The minimum absolute atomic E-state index is 0.0828. The monoisotopic (exact) mass is 364 g/mol. The maximum atomic E-state index is 13.1. The molecule has 0 aliphatic heterocycles. The first-order valence-corrected chi connectivity index (χ1v) is 9.37. The summed E-state index contributed by atoms with van der Waals surface area (Å²) in [6.07, 6.45) is 0. The van der Waals surface area contributed by atoms with E-state index in [1.807, 2.05) is 20.8 Å². The Hall–Kier alpha value is -2.28. The number of aromatic amines is 1. The number of sulfonamides is 1. The maximum Gasteiger partial charge on any atom is 0.356 e. The molecule has 0 aliphatic carbocycles. The van der Waals surface area contributed by atoms with Crippen LogP contribution in [0.15, 0.2) is 11.0 Å². The van der Waals surface area contributed by atoms with Gasteiger partial charge in [-0.15, -0.1) is 0 Å². The molecular weight excluding hydrogens is 340 g/mol. The van der Waals surface area contributed by atoms with Gasteiger partial charge in [0.25, 0.3) is 10.0 Å². The number of aromatic nitrogens is 1. The fourth-order valence-corrected chi connectivity index (χ4v) is 4.66. The third kappa shape index (κ3) is 3.28. The van der Waals surface area contributed by atoms with E-state index < -0.39 is 16.0 Å². The first kappa shape index (κ1) is 19.1. The topological polar surface area (TPSA) is 88.3 Å². The number of benzene rings is 1. The molecule has 7 heteroatoms. The molecule has 0 radical (unpaired) electrons. The smallest absolute Gasteiger partial charge is 0.356 e. The van der Waals surface area contributed by atoms with Crippen LogP contribution in [0.5, 0.6) is 0 Å². The van der Waals surface area contributed by atoms with Crippen molar-refractivity contribution in [3.05, 3.63) is 45.3 Å². The van der Waals surface area contributed by atoms with Crippen LogP contribution in [-0.2, 0) is 14.8 Å². The van der Waals surface area contributed by atoms with Crippen molar-refractivity contribution < 1.29 is 17.9 Å². The van der Waals surface area contributed by atoms with Gasteiger partial charge in [-0.1, -0.05) is 0 Å². The van der Waals surface area contributed by atoms with E-state index in [-0.39, 0.29) is 16.3 Å². The first-order valence-electron chi connectivity index (χ1n) is 7.89. The Bertz CT molecular complexity index is 927. The summed E-state index contributed by atoms with van der Waals surface area (Å²) in [4.78, 5) is 14.9. The predicted molar refractivity (Wildman–Crippen MR) is 97.8 cm³/mol. The second-order valence-electron chi connectivity index (χ2n) is 6.29. The summed E-state index contributed by atoms with van der Waals surface area (Å²) in [7, 11) is -2.62. The minimum atomic E-state index is -3.87. The third-order valence-corrected chi connectivity index (χ3v) is 6.42. The molecule has 0 saturated heterocycles. The second-order valence-corrected chi connectivity index (χ2v) is 7.91. The van der Waals surface area contributed by atoms with Crippen LogP contribution in [0.1, 0.15) is 44.0 Å². The standard InChI is InChI=1S/C18H24N2O4S/c1-9-8-15(16(19-9)18(21)24-7)20-25(22,23)17-13(5)11(3)10(2)12(4)14(17)6/h8,19-20H,1-7H3. The van der Waals surface area contributed by atoms with Gasteiger partial charge in [-0.05, 0) is 75.4 Å². The average Bonchev–Trinajstić information content (AvgIpc) is 2.89. The molecule has 1 aromatic heterocycles. The van der Waals surface area contributed by atoms with E-state index in [4.69, 9.17) is 4.74 Å². The summed E-state index contributed by atoms with van der Waals surface area (Å²) in [5.41, 5.74) is 5.31. The fourth-order valence-electron chi connectivity index (χ4n) is 3.00. The number of esters is 1. The summed E-state index contributed by atoms with van der Waals surface area (Å²) in [6, 6.07) is 1.57. The molecule has 1 heterocycles. The number of carbonyl (C=O) groups is 1. The molecule has 2 N–H and O–H groups in total. The van der Waals surface area contributed by atoms with E-state index in [9.17, 15) is 13.2 Å². The Balaban J connectivity index is 2.62. The number of anilines is 1. The van der Waals surface area contributed by atoms with Gasteiger partial charge in [0.1, 0.15) is 5.69 Å². The molecule has 0 spiro atoms. The summed E-state index contributed by atoms with van der Waals surface area (Å²) in [5.74, 6) is -0.629. The molecule has 0 fully saturated rings. The van der Waals surface area contributed by atoms with E-state index in [2.05, 4.69) is 9.71 Å². The SMILES string of the molecule is COC(=O)c1[nH]c(C)cc1NS(=O)(=O)c1c(C)c(C)c(C)c(C)c1C. The van der Waals surface area contributed by atoms with Gasteiger partial charge in [0.05, 0.1) is 17.7 Å². The van der Waals surface area contributed by atoms with E-state index in [1.165, 1.54) is 7.11 Å². The molecule has 6 nitrogen and oxygen atoms in total. The third-order valence-electron chi connectivity index (χ3n) is 4.79. The Labute approximate surface area is 148 Å². The zero-order valence-corrected chi connectivity index (χ0v) is 16.4. The highest BCUT2D eigenvalue weighted by molar-refractivity contribution is 7.92. The van der Waals surface area contributed by atoms with Gasteiger partial charge in [0, 0.05) is 5.69 Å². The first-order chi connectivity index (χ1) is 11.5. The number of methoxy groups -OCH3 is 1. The van der Waals surface area contributed by atoms with Crippen LogP contribution in [0, 0.1) is 41.5 Å². The van der Waals surface area contributed by atoms with Gasteiger partial charge < -0.3 is 9.72 Å². The van der Waals surface area contributed by atoms with Crippen LogP contribution < -0.4 is 4.72 Å². The highest BCUT2D eigenvalue weighted by Gasteiger charge is 2.26. The van der Waals surface area contributed by atoms with Crippen LogP contribution in [0.4, 0.5) is 5.69 Å². The van der Waals surface area contributed by atoms with Crippen LogP contribution in [0.3, 0.4) is 0 Å². The average molecular weight is 364 g/mol. The highest BCUT2D eigenvalue weighted by atomic mass is 32.2. The van der Waals surface area contributed by atoms with Crippen molar-refractivity contribution in [3.63, 3.8) is 0 Å². The molecule has 136 valence electrons. The quantitative estimate of drug-likeness (QED) is 0.813. The molecule has 0 atom stereocenters. The fraction of sp³-hybridized carbons (Fsp3) is 0.389. The summed E-state index contributed by atoms with van der Waals surface area (Å²) in [6.45, 7) is 11.1. The largest absolute Gasteiger partial charge is 0.464 e. The van der Waals surface area contributed by atoms with Gasteiger partial charge >= 0.3 is 5.97 Å². The number of aryl methyl sites for hydroxylation is 1. The van der Waals surface area contributed by atoms with Crippen molar-refractivity contribution in [2.24, 2.45) is 0 Å². The summed E-state index contributed by atoms with van der Waals surface area (Å²) in [5, 5.41) is 0. The highest BCUT2D eigenvalue weighted by Crippen LogP contribution is 2.31. The summed E-state index contributed by atoms with van der Waals surface area (Å²) < 4.78 is 33.4. The normalized spacial score (nSPS) is 11.5. The zero-order chi connectivity index (χ0) is 19.1. The van der Waals surface area contributed by atoms with Crippen LogP contribution >= 0.6 is 0 Å². The van der Waals surface area contributed by atoms with Gasteiger partial charge in [-0.25, -0.2) is 13.2 Å². The Morgan fingerprint density at radius 2 is 1.44 bits per heavy atom. The van der Waals surface area contributed by atoms with Crippen LogP contribution in [-0.4, -0.2) is 26.5 Å². The van der Waals surface area contributed by atoms with Crippen molar-refractivity contribution >= 4 is 21.7 Å². The van der Waals surface area contributed by atoms with Gasteiger partial charge in [0.15, 0.2) is 0 Å². The lowest BCUT2D eigenvalue weighted by atomic mass is 9.95. The van der Waals surface area contributed by atoms with Gasteiger partial charge in [-0.2, -0.15) is 0 Å². The van der Waals surface area contributed by atoms with Crippen LogP contribution in [0.25, 0.3) is 0 Å². The van der Waals surface area contributed by atoms with Gasteiger partial charge in [0.2, 0.25) is 0 Å². The number of carbonyl (C=O) groups excluding carboxylic acids is 1. The van der Waals surface area contributed by atoms with Crippen molar-refractivity contribution in [2.75, 3.05) is 11.8 Å². The second kappa shape index (κ2) is 6.55. The molecule has 25 heavy (non-hydrogen) atoms. The Morgan fingerprint density at radius 1 is 0.960 bits per heavy atom. The van der Waals surface area contributed by atoms with Crippen LogP contribution in [0.2, 0.25) is 0 Å². The molecule has 2 rings (SSSR count). The molecule has 0 aliphatic rings. The number of rotatable bonds is 4. The Kier molecular flexibility index (Phi) is 4.99. The van der Waals surface area contributed by atoms with E-state index >= 15 is 0 Å². The number of H-pyrrole nitrogens is 1. The van der Waals surface area contributed by atoms with Crippen molar-refractivity contribution in [1.82, 2.24) is 4.98 Å². The lowest BCUT2D eigenvalue weighted by Crippen LogP contribution is -2.19. The lowest BCUT2D eigenvalue weighted by Gasteiger charge is -2.19. The van der Waals surface area contributed by atoms with Crippen molar-refractivity contribution in [2.45, 2.75) is 46.4 Å². The molecule has 0 bridgehead atoms. The molecule has 0 saturated carbocycles. The number of ether oxygens (including phenoxy) is 1. The predicted octanol–water partition coefficient (Wildman–Crippen LogP) is 3.45. The number of nitrogens with one attached hydrogen (secondary N) is 2. The van der Waals surface area contributed by atoms with E-state index in [1.54, 1.807) is 26.8 Å². The molecule has 2 aromatic rings. The lowest BCUT2D eigenvalue weighted by molar-refractivity contribution is 0.0596. The molecular formula is C18H24N2O4S. The van der Waals surface area contributed by atoms with E-state index in [0.29, 0.717) is 16.8 Å². The number of hydrogen-bond donors (Lipinski definition) is 2. The zero-order valence-electron chi connectivity index (χ0n) is 15.6. The molecule has 0 unspecified atom stereocenters. The van der Waals surface area contributed by atoms with E-state index in [0.717, 1.165) is 16.7 Å². The molecule has 0 amide bonds. The van der Waals surface area contributed by atoms with Gasteiger partial charge in [-0.3, -0.25) is 4.72 Å². The van der Waals surface area contributed by atoms with Crippen molar-refractivity contribution in [3.8, 4) is 0 Å². The maximum absolute atomic E-state index is 13.1. The minimum Gasteiger partial charge on any atom is -0.464 e. The summed E-state index contributed by atoms with van der Waals surface area (Å²) >= 11 is 0. The Morgan fingerprint density at radius 3 is 1.92 bits per heavy atom. The van der Waals surface area contributed by atoms with Crippen molar-refractivity contribution in [1.29, 1.82) is 0 Å².